The van der Waals surface area contributed by atoms with E-state index in [0.29, 0.717) is 0 Å². The van der Waals surface area contributed by atoms with Crippen molar-refractivity contribution in [3.8, 4) is 0 Å². The van der Waals surface area contributed by atoms with Crippen LogP contribution >= 0.6 is 48.8 Å². The Morgan fingerprint density at radius 3 is 1.18 bits per heavy atom. The fourth-order valence-corrected chi connectivity index (χ4v) is 11.9. The minimum absolute atomic E-state index is 0.0197. The fraction of sp³-hybridized carbons (Fsp3) is 0.662. The average Bonchev–Trinajstić information content (AvgIpc) is 1.71. The van der Waals surface area contributed by atoms with E-state index < -0.39 is 243 Å². The largest absolute Gasteiger partial charge is 0.490 e. The Kier molecular flexibility index (Phi) is 53.3. The van der Waals surface area contributed by atoms with Crippen LogP contribution in [0.15, 0.2) is 15.0 Å². The van der Waals surface area contributed by atoms with Crippen molar-refractivity contribution in [1.82, 2.24) is 79.3 Å². The summed E-state index contributed by atoms with van der Waals surface area (Å²) >= 11 is 10.6. The second kappa shape index (κ2) is 58.7. The number of rotatable bonds is 56. The van der Waals surface area contributed by atoms with E-state index in [0.717, 1.165) is 4.90 Å². The van der Waals surface area contributed by atoms with Crippen molar-refractivity contribution in [3.63, 3.8) is 0 Å². The summed E-state index contributed by atoms with van der Waals surface area (Å²) in [6, 6.07) is -18.5. The third-order valence-corrected chi connectivity index (χ3v) is 18.5. The highest BCUT2D eigenvalue weighted by Crippen LogP contribution is 2.22. The second-order valence-electron chi connectivity index (χ2n) is 26.4. The molecule has 0 aromatic rings. The monoisotopic (exact) mass is 1810 g/mol. The maximum atomic E-state index is 14.5. The number of aliphatic carboxylic acids is 4. The number of hydrogen-bond donors (Lipinski definition) is 28. The summed E-state index contributed by atoms with van der Waals surface area (Å²) in [6.45, 7) is -1.32. The van der Waals surface area contributed by atoms with Crippen molar-refractivity contribution >= 4 is 179 Å². The van der Waals surface area contributed by atoms with Crippen LogP contribution in [0.25, 0.3) is 0 Å². The smallest absolute Gasteiger partial charge is 0.481 e. The number of alkyl halides is 3. The maximum absolute atomic E-state index is 14.5. The summed E-state index contributed by atoms with van der Waals surface area (Å²) in [7, 11) is 0. The van der Waals surface area contributed by atoms with Gasteiger partial charge in [-0.15, -0.1) is 0 Å². The number of amides is 15. The van der Waals surface area contributed by atoms with Crippen LogP contribution in [-0.4, -0.2) is 334 Å². The van der Waals surface area contributed by atoms with Gasteiger partial charge in [-0.1, -0.05) is 13.8 Å². The van der Waals surface area contributed by atoms with Crippen LogP contribution in [0.2, 0.25) is 0 Å². The number of nitrogens with two attached hydrogens (primary N) is 7. The molecule has 1 saturated heterocycles. The third kappa shape index (κ3) is 45.7. The average molecular weight is 1810 g/mol. The van der Waals surface area contributed by atoms with Crippen molar-refractivity contribution in [1.29, 1.82) is 0 Å². The Labute approximate surface area is 710 Å². The molecule has 0 spiro atoms. The Morgan fingerprint density at radius 2 is 0.785 bits per heavy atom. The van der Waals surface area contributed by atoms with Crippen LogP contribution in [0.4, 0.5) is 13.2 Å². The number of halogens is 3. The highest BCUT2D eigenvalue weighted by Gasteiger charge is 2.43. The zero-order chi connectivity index (χ0) is 92.4. The molecule has 0 saturated carbocycles. The molecular weight excluding hydrogens is 1700 g/mol. The van der Waals surface area contributed by atoms with E-state index in [1.165, 1.54) is 37.4 Å². The molecule has 0 bridgehead atoms. The first kappa shape index (κ1) is 110. The van der Waals surface area contributed by atoms with Crippen LogP contribution < -0.4 is 115 Å². The third-order valence-electron chi connectivity index (χ3n) is 16.5. The van der Waals surface area contributed by atoms with Crippen LogP contribution in [0.1, 0.15) is 90.9 Å². The number of aliphatic hydroxyl groups is 1. The van der Waals surface area contributed by atoms with Gasteiger partial charge in [-0.05, 0) is 94.1 Å². The summed E-state index contributed by atoms with van der Waals surface area (Å²) in [5, 5.41) is 79.0. The summed E-state index contributed by atoms with van der Waals surface area (Å²) in [4.78, 5) is 261. The number of thioether (sulfide) groups is 2. The van der Waals surface area contributed by atoms with Gasteiger partial charge in [-0.25, -0.2) is 4.79 Å². The number of carboxylic acid groups (broad SMARTS) is 4. The SMILES string of the molecule is CSCC[C@H](NC(=O)[C@H](CO)NC(=O)[C@H](CCSC)NC(=O)[C@@H]1CCCN1C(=O)[C@@H](NC(=O)[C@H](CC(=O)O)NC(=O)[C@H](CCCN=C(N)N)NC(=O)[C@H](CS)NC(=O)CN)C(C)C)C(=O)N[C@@H](CCCN=C(N)N)C(=O)NCC(=O)NCC(=O)N[C@@H](CC(=O)O)C(=O)N[C@@H](CCCN=C(N)N)C(=O)N[C@@H](CS)C(=O)NCC(=O)O.O=C(O)C(F)(F)F. The Bertz CT molecular complexity index is 3640. The predicted octanol–water partition coefficient (Wildman–Crippen LogP) is -11.5. The number of likely N-dealkylation sites (tertiary alicyclic amines) is 1. The number of hydrogen-bond acceptors (Lipinski definition) is 28. The van der Waals surface area contributed by atoms with Gasteiger partial charge in [-0.3, -0.25) is 101 Å². The summed E-state index contributed by atoms with van der Waals surface area (Å²) in [6.07, 6.45) is -4.25. The molecule has 12 atom stereocenters. The molecule has 0 radical (unpaired) electrons. The van der Waals surface area contributed by atoms with Gasteiger partial charge < -0.3 is 145 Å². The molecule has 0 unspecified atom stereocenters. The molecule has 1 rings (SSSR count). The molecule has 684 valence electrons. The van der Waals surface area contributed by atoms with E-state index in [1.54, 1.807) is 12.5 Å². The number of aliphatic hydroxyl groups excluding tert-OH is 1. The van der Waals surface area contributed by atoms with Crippen molar-refractivity contribution < 1.29 is 130 Å². The van der Waals surface area contributed by atoms with E-state index in [4.69, 9.17) is 55.1 Å². The maximum Gasteiger partial charge on any atom is 0.490 e. The molecule has 56 heteroatoms. The van der Waals surface area contributed by atoms with Crippen LogP contribution in [-0.2, 0) is 91.1 Å². The number of aliphatic imine (C=N–C) groups is 3. The molecule has 1 aliphatic rings. The van der Waals surface area contributed by atoms with E-state index in [1.807, 2.05) is 0 Å². The van der Waals surface area contributed by atoms with Gasteiger partial charge in [0.15, 0.2) is 17.9 Å². The van der Waals surface area contributed by atoms with Crippen LogP contribution in [0, 0.1) is 5.92 Å². The highest BCUT2D eigenvalue weighted by atomic mass is 32.2. The second-order valence-corrected chi connectivity index (χ2v) is 29.1. The van der Waals surface area contributed by atoms with Gasteiger partial charge in [0.2, 0.25) is 88.6 Å². The minimum atomic E-state index is -5.08. The lowest BCUT2D eigenvalue weighted by molar-refractivity contribution is -0.192. The van der Waals surface area contributed by atoms with Gasteiger partial charge in [0.05, 0.1) is 39.1 Å². The molecular formula is C65H110F3N25O24S4. The number of thiol groups is 2. The lowest BCUT2D eigenvalue weighted by Crippen LogP contribution is -2.61. The molecule has 15 amide bonds. The summed E-state index contributed by atoms with van der Waals surface area (Å²) in [5.41, 5.74) is 37.9. The lowest BCUT2D eigenvalue weighted by Gasteiger charge is -2.32. The number of carbonyl (C=O) groups excluding carboxylic acids is 15. The predicted molar refractivity (Wildman–Crippen MR) is 435 cm³/mol. The molecule has 121 heavy (non-hydrogen) atoms. The Morgan fingerprint density at radius 1 is 0.446 bits per heavy atom. The van der Waals surface area contributed by atoms with E-state index >= 15 is 0 Å². The molecule has 0 aromatic heterocycles. The van der Waals surface area contributed by atoms with Gasteiger partial charge in [-0.2, -0.15) is 62.0 Å². The first-order valence-electron chi connectivity index (χ1n) is 36.8. The quantitative estimate of drug-likeness (QED) is 0.0116. The number of guanidine groups is 3. The standard InChI is InChI=1S/C63H109N25O22S4.C2HF3O2/c1-30(2)48(87-56(106)37(22-46(95)96)84-51(101)32(10-6-16-72-62(67)68)81-58(108)40(29-112)78-42(90)23-64)60(110)88-18-8-12-41(88)59(109)83-35(14-20-114-4)54(104)85-38(27-89)57(107)82-34(13-19-113-3)53(103)79-31(9-5-15-71-61(65)66)49(99)75-24-43(91)74-25-44(92)77-36(21-45(93)94)55(105)80-33(11-7-17-73-63(69)70)52(102)86-39(28-111)50(100)76-26-47(97)98;3-2(4,5)1(6)7/h30-41,48,89,111-112H,5-29,64H2,1-4H3,(H,74,91)(H,75,99)(H,76,100)(H,77,92)(H,78,90)(H,79,103)(H,80,105)(H,81,108)(H,82,107)(H,83,109)(H,84,101)(H,85,104)(H,86,102)(H,87,106)(H,93,94)(H,95,96)(H,97,98)(H4,65,66,71)(H4,67,68,72)(H4,69,70,73);(H,6,7)/t31-,32-,33-,34-,35-,36-,37-,38-,39-,40-,41-,48-;/m0./s1. The summed E-state index contributed by atoms with van der Waals surface area (Å²) in [5.74, 6) is -24.1. The van der Waals surface area contributed by atoms with Gasteiger partial charge in [0.25, 0.3) is 0 Å². The van der Waals surface area contributed by atoms with E-state index in [2.05, 4.69) is 115 Å². The van der Waals surface area contributed by atoms with Crippen LogP contribution in [0.3, 0.4) is 0 Å². The van der Waals surface area contributed by atoms with Crippen molar-refractivity contribution in [3.05, 3.63) is 0 Å². The number of nitrogens with zero attached hydrogens (tertiary/aromatic N) is 4. The normalized spacial score (nSPS) is 14.8. The fourth-order valence-electron chi connectivity index (χ4n) is 10.4. The molecule has 49 nitrogen and oxygen atoms in total. The van der Waals surface area contributed by atoms with Crippen LogP contribution in [0.5, 0.6) is 0 Å². The molecule has 33 N–H and O–H groups in total. The lowest BCUT2D eigenvalue weighted by atomic mass is 10.0. The number of carbonyl (C=O) groups is 19. The van der Waals surface area contributed by atoms with Gasteiger partial charge in [0, 0.05) is 37.7 Å². The van der Waals surface area contributed by atoms with Gasteiger partial charge in [0.1, 0.15) is 79.0 Å². The topological polar surface area (TPSA) is 816 Å². The molecule has 1 aliphatic heterocycles. The zero-order valence-corrected chi connectivity index (χ0v) is 69.8. The molecule has 1 fully saturated rings. The summed E-state index contributed by atoms with van der Waals surface area (Å²) < 4.78 is 31.7. The molecule has 0 aromatic carbocycles. The van der Waals surface area contributed by atoms with Crippen molar-refractivity contribution in [2.24, 2.45) is 61.0 Å². The minimum Gasteiger partial charge on any atom is -0.481 e. The molecule has 0 aliphatic carbocycles. The Balaban J connectivity index is 0.0000196. The van der Waals surface area contributed by atoms with E-state index in [-0.39, 0.29) is 131 Å². The van der Waals surface area contributed by atoms with Crippen molar-refractivity contribution in [2.75, 3.05) is 94.5 Å². The zero-order valence-electron chi connectivity index (χ0n) is 66.4. The van der Waals surface area contributed by atoms with Gasteiger partial charge >= 0.3 is 30.1 Å². The number of carboxylic acids is 4. The highest BCUT2D eigenvalue weighted by molar-refractivity contribution is 7.98. The first-order chi connectivity index (χ1) is 56.7. The molecule has 1 heterocycles. The first-order valence-corrected chi connectivity index (χ1v) is 40.8. The van der Waals surface area contributed by atoms with Crippen molar-refractivity contribution in [2.45, 2.75) is 170 Å². The Hall–Kier alpha value is -11.1. The number of nitrogens with one attached hydrogen (secondary N) is 14. The van der Waals surface area contributed by atoms with E-state index in [9.17, 15) is 115 Å².